The first-order chi connectivity index (χ1) is 15.0. The lowest BCUT2D eigenvalue weighted by molar-refractivity contribution is -0.138. The molecule has 0 aliphatic heterocycles. The Labute approximate surface area is 177 Å². The highest BCUT2D eigenvalue weighted by molar-refractivity contribution is 5.99. The number of nitrogens with zero attached hydrogens (tertiary/aromatic N) is 2. The number of benzene rings is 2. The van der Waals surface area contributed by atoms with Gasteiger partial charge in [0.05, 0.1) is 22.9 Å². The van der Waals surface area contributed by atoms with Crippen LogP contribution >= 0.6 is 0 Å². The van der Waals surface area contributed by atoms with Crippen molar-refractivity contribution in [3.63, 3.8) is 0 Å². The van der Waals surface area contributed by atoms with Gasteiger partial charge in [0.15, 0.2) is 0 Å². The second-order valence-corrected chi connectivity index (χ2v) is 6.43. The van der Waals surface area contributed by atoms with E-state index in [2.05, 4.69) is 20.8 Å². The Morgan fingerprint density at radius 3 is 2.22 bits per heavy atom. The van der Waals surface area contributed by atoms with Gasteiger partial charge in [-0.25, -0.2) is 10.4 Å². The number of alkyl halides is 6. The molecule has 3 aromatic rings. The number of rotatable bonds is 5. The van der Waals surface area contributed by atoms with E-state index in [1.54, 1.807) is 0 Å². The first-order valence-electron chi connectivity index (χ1n) is 8.94. The van der Waals surface area contributed by atoms with E-state index in [1.807, 2.05) is 0 Å². The molecule has 0 saturated carbocycles. The van der Waals surface area contributed by atoms with Crippen molar-refractivity contribution in [1.82, 2.24) is 10.4 Å². The van der Waals surface area contributed by atoms with Crippen molar-refractivity contribution in [2.75, 3.05) is 5.32 Å². The van der Waals surface area contributed by atoms with E-state index < -0.39 is 29.4 Å². The van der Waals surface area contributed by atoms with Gasteiger partial charge in [0, 0.05) is 11.9 Å². The number of hydrazone groups is 1. The maximum absolute atomic E-state index is 12.9. The molecule has 5 nitrogen and oxygen atoms in total. The number of amides is 1. The fourth-order valence-corrected chi connectivity index (χ4v) is 2.62. The molecule has 0 bridgehead atoms. The smallest absolute Gasteiger partial charge is 0.340 e. The highest BCUT2D eigenvalue weighted by Gasteiger charge is 2.31. The van der Waals surface area contributed by atoms with Crippen molar-refractivity contribution in [1.29, 1.82) is 0 Å². The van der Waals surface area contributed by atoms with E-state index in [-0.39, 0.29) is 22.6 Å². The molecule has 1 aromatic heterocycles. The van der Waals surface area contributed by atoms with Gasteiger partial charge < -0.3 is 5.32 Å². The van der Waals surface area contributed by atoms with Crippen LogP contribution in [-0.2, 0) is 12.4 Å². The fourth-order valence-electron chi connectivity index (χ4n) is 2.62. The quantitative estimate of drug-likeness (QED) is 0.300. The second kappa shape index (κ2) is 9.08. The molecule has 2 aromatic carbocycles. The van der Waals surface area contributed by atoms with E-state index in [9.17, 15) is 31.1 Å². The molecule has 0 fully saturated rings. The first-order valence-corrected chi connectivity index (χ1v) is 8.94. The van der Waals surface area contributed by atoms with E-state index in [1.165, 1.54) is 42.6 Å². The maximum atomic E-state index is 12.9. The summed E-state index contributed by atoms with van der Waals surface area (Å²) < 4.78 is 77.0. The highest BCUT2D eigenvalue weighted by Crippen LogP contribution is 2.32. The minimum absolute atomic E-state index is 0.0291. The Morgan fingerprint density at radius 1 is 0.875 bits per heavy atom. The molecule has 11 heteroatoms. The van der Waals surface area contributed by atoms with Crippen molar-refractivity contribution in [2.45, 2.75) is 12.4 Å². The van der Waals surface area contributed by atoms with Gasteiger partial charge in [0.1, 0.15) is 5.82 Å². The second-order valence-electron chi connectivity index (χ2n) is 6.43. The highest BCUT2D eigenvalue weighted by atomic mass is 19.4. The van der Waals surface area contributed by atoms with Gasteiger partial charge in [0.2, 0.25) is 0 Å². The summed E-state index contributed by atoms with van der Waals surface area (Å²) in [5, 5.41) is 6.29. The zero-order valence-corrected chi connectivity index (χ0v) is 16.0. The van der Waals surface area contributed by atoms with Gasteiger partial charge in [-0.1, -0.05) is 18.2 Å². The van der Waals surface area contributed by atoms with Crippen molar-refractivity contribution in [3.8, 4) is 0 Å². The van der Waals surface area contributed by atoms with Crippen molar-refractivity contribution in [2.24, 2.45) is 5.10 Å². The largest absolute Gasteiger partial charge is 0.416 e. The molecule has 0 aliphatic rings. The Balaban J connectivity index is 1.75. The summed E-state index contributed by atoms with van der Waals surface area (Å²) in [4.78, 5) is 16.4. The third kappa shape index (κ3) is 5.84. The molecule has 166 valence electrons. The van der Waals surface area contributed by atoms with Crippen LogP contribution in [0, 0.1) is 0 Å². The van der Waals surface area contributed by atoms with Gasteiger partial charge in [-0.15, -0.1) is 0 Å². The van der Waals surface area contributed by atoms with Crippen LogP contribution in [0.3, 0.4) is 0 Å². The predicted molar refractivity (Wildman–Crippen MR) is 105 cm³/mol. The molecule has 0 atom stereocenters. The van der Waals surface area contributed by atoms with Gasteiger partial charge in [-0.05, 0) is 48.0 Å². The fraction of sp³-hybridized carbons (Fsp3) is 0.0952. The zero-order chi connectivity index (χ0) is 23.4. The summed E-state index contributed by atoms with van der Waals surface area (Å²) in [6.07, 6.45) is -6.70. The molecule has 0 aliphatic carbocycles. The number of carbonyl (C=O) groups is 1. The minimum Gasteiger partial charge on any atom is -0.340 e. The molecule has 32 heavy (non-hydrogen) atoms. The Kier molecular flexibility index (Phi) is 6.47. The van der Waals surface area contributed by atoms with Crippen LogP contribution in [0.1, 0.15) is 27.0 Å². The van der Waals surface area contributed by atoms with Crippen molar-refractivity contribution >= 4 is 23.6 Å². The van der Waals surface area contributed by atoms with E-state index in [0.717, 1.165) is 30.5 Å². The lowest BCUT2D eigenvalue weighted by Crippen LogP contribution is -2.19. The van der Waals surface area contributed by atoms with E-state index in [0.29, 0.717) is 0 Å². The summed E-state index contributed by atoms with van der Waals surface area (Å²) >= 11 is 0. The Hall–Kier alpha value is -3.89. The molecular formula is C21H14F6N4O. The number of carbonyl (C=O) groups excluding carboxylic acids is 1. The number of halogens is 6. The summed E-state index contributed by atoms with van der Waals surface area (Å²) in [7, 11) is 0. The summed E-state index contributed by atoms with van der Waals surface area (Å²) in [6, 6.07) is 11.5. The lowest BCUT2D eigenvalue weighted by Gasteiger charge is -2.12. The summed E-state index contributed by atoms with van der Waals surface area (Å²) in [6.45, 7) is 0. The number of aromatic nitrogens is 1. The summed E-state index contributed by atoms with van der Waals surface area (Å²) in [5.41, 5.74) is 0.534. The third-order valence-electron chi connectivity index (χ3n) is 4.10. The normalized spacial score (nSPS) is 12.1. The van der Waals surface area contributed by atoms with Gasteiger partial charge in [-0.3, -0.25) is 4.79 Å². The van der Waals surface area contributed by atoms with Crippen LogP contribution in [0.4, 0.5) is 37.8 Å². The Bertz CT molecular complexity index is 1140. The number of pyridine rings is 1. The molecule has 3 rings (SSSR count). The van der Waals surface area contributed by atoms with Gasteiger partial charge >= 0.3 is 12.4 Å². The van der Waals surface area contributed by atoms with Crippen LogP contribution in [0.25, 0.3) is 0 Å². The average molecular weight is 452 g/mol. The standard InChI is InChI=1S/C21H14F6N4O/c22-20(23,24)14-5-1-4-13(10-14)12-29-31-19(32)17-8-3-9-28-18(17)30-16-7-2-6-15(11-16)21(25,26)27/h1-12H,(H,28,30)(H,31,32). The van der Waals surface area contributed by atoms with Gasteiger partial charge in [-0.2, -0.15) is 31.4 Å². The van der Waals surface area contributed by atoms with Crippen LogP contribution < -0.4 is 10.7 Å². The SMILES string of the molecule is O=C(NN=Cc1cccc(C(F)(F)F)c1)c1cccnc1Nc1cccc(C(F)(F)F)c1. The molecule has 0 radical (unpaired) electrons. The number of hydrogen-bond acceptors (Lipinski definition) is 4. The van der Waals surface area contributed by atoms with E-state index >= 15 is 0 Å². The molecule has 0 spiro atoms. The Morgan fingerprint density at radius 2 is 1.53 bits per heavy atom. The predicted octanol–water partition coefficient (Wildman–Crippen LogP) is 5.63. The average Bonchev–Trinajstić information content (AvgIpc) is 2.73. The van der Waals surface area contributed by atoms with Crippen LogP contribution in [0.5, 0.6) is 0 Å². The molecule has 0 saturated heterocycles. The monoisotopic (exact) mass is 452 g/mol. The number of nitrogens with one attached hydrogen (secondary N) is 2. The summed E-state index contributed by atoms with van der Waals surface area (Å²) in [5.74, 6) is -0.797. The zero-order valence-electron chi connectivity index (χ0n) is 16.0. The van der Waals surface area contributed by atoms with Gasteiger partial charge in [0.25, 0.3) is 5.91 Å². The van der Waals surface area contributed by atoms with Crippen LogP contribution in [0.15, 0.2) is 72.0 Å². The van der Waals surface area contributed by atoms with E-state index in [4.69, 9.17) is 0 Å². The molecule has 2 N–H and O–H groups in total. The number of anilines is 2. The molecule has 1 heterocycles. The minimum atomic E-state index is -4.54. The molecule has 0 unspecified atom stereocenters. The lowest BCUT2D eigenvalue weighted by atomic mass is 10.1. The number of hydrogen-bond donors (Lipinski definition) is 2. The van der Waals surface area contributed by atoms with Crippen molar-refractivity contribution in [3.05, 3.63) is 89.1 Å². The van der Waals surface area contributed by atoms with Crippen LogP contribution in [0.2, 0.25) is 0 Å². The topological polar surface area (TPSA) is 66.4 Å². The molecular weight excluding hydrogens is 438 g/mol. The molecule has 1 amide bonds. The van der Waals surface area contributed by atoms with Crippen LogP contribution in [-0.4, -0.2) is 17.1 Å². The maximum Gasteiger partial charge on any atom is 0.416 e. The van der Waals surface area contributed by atoms with Crippen molar-refractivity contribution < 1.29 is 31.1 Å². The first kappa shape index (κ1) is 22.8. The third-order valence-corrected chi connectivity index (χ3v) is 4.10.